The van der Waals surface area contributed by atoms with E-state index in [1.807, 2.05) is 0 Å². The molecule has 0 unspecified atom stereocenters. The highest BCUT2D eigenvalue weighted by molar-refractivity contribution is 7.22. The minimum Gasteiger partial charge on any atom is -0.449 e. The van der Waals surface area contributed by atoms with Gasteiger partial charge in [-0.15, -0.1) is 13.2 Å². The van der Waals surface area contributed by atoms with Crippen LogP contribution in [0.15, 0.2) is 40.9 Å². The van der Waals surface area contributed by atoms with Crippen LogP contribution in [-0.2, 0) is 11.3 Å². The van der Waals surface area contributed by atoms with Crippen LogP contribution in [0, 0.1) is 5.82 Å². The summed E-state index contributed by atoms with van der Waals surface area (Å²) in [6.45, 7) is 0.133. The molecule has 2 saturated heterocycles. The second-order valence-electron chi connectivity index (χ2n) is 11.0. The van der Waals surface area contributed by atoms with E-state index in [0.717, 1.165) is 31.7 Å². The fourth-order valence-electron chi connectivity index (χ4n) is 6.22. The summed E-state index contributed by atoms with van der Waals surface area (Å²) in [5.74, 6) is -0.310. The van der Waals surface area contributed by atoms with Gasteiger partial charge in [-0.1, -0.05) is 28.6 Å². The Kier molecular flexibility index (Phi) is 6.92. The Labute approximate surface area is 245 Å². The van der Waals surface area contributed by atoms with Crippen molar-refractivity contribution in [3.63, 3.8) is 0 Å². The zero-order valence-corrected chi connectivity index (χ0v) is 23.3. The molecule has 1 saturated carbocycles. The molecule has 7 rings (SSSR count). The van der Waals surface area contributed by atoms with Gasteiger partial charge in [0, 0.05) is 41.3 Å². The number of carbonyl (C=O) groups is 1. The van der Waals surface area contributed by atoms with Gasteiger partial charge in [-0.2, -0.15) is 0 Å². The number of thiazole rings is 1. The zero-order chi connectivity index (χ0) is 29.9. The van der Waals surface area contributed by atoms with Gasteiger partial charge in [0.05, 0.1) is 17.4 Å². The van der Waals surface area contributed by atoms with Crippen molar-refractivity contribution in [2.75, 3.05) is 4.90 Å². The summed E-state index contributed by atoms with van der Waals surface area (Å²) < 4.78 is 75.5. The number of hydrogen-bond donors (Lipinski definition) is 1. The molecule has 4 aromatic rings. The van der Waals surface area contributed by atoms with Gasteiger partial charge in [0.15, 0.2) is 10.9 Å². The summed E-state index contributed by atoms with van der Waals surface area (Å²) >= 11 is 1.28. The van der Waals surface area contributed by atoms with Crippen LogP contribution in [0.2, 0.25) is 0 Å². The molecule has 3 aliphatic rings. The number of hydrogen-bond acceptors (Lipinski definition) is 9. The quantitative estimate of drug-likeness (QED) is 0.121. The summed E-state index contributed by atoms with van der Waals surface area (Å²) in [5, 5.41) is 13.7. The van der Waals surface area contributed by atoms with E-state index in [9.17, 15) is 22.4 Å². The van der Waals surface area contributed by atoms with Crippen molar-refractivity contribution < 1.29 is 46.2 Å². The zero-order valence-electron chi connectivity index (χ0n) is 22.5. The van der Waals surface area contributed by atoms with Gasteiger partial charge < -0.3 is 28.7 Å². The first-order valence-corrected chi connectivity index (χ1v) is 14.7. The van der Waals surface area contributed by atoms with E-state index >= 15 is 0 Å². The Morgan fingerprint density at radius 3 is 2.56 bits per heavy atom. The lowest BCUT2D eigenvalue weighted by Gasteiger charge is -2.38. The van der Waals surface area contributed by atoms with Crippen LogP contribution in [0.1, 0.15) is 55.8 Å². The predicted octanol–water partition coefficient (Wildman–Crippen LogP) is 7.64. The number of ether oxygens (including phenoxy) is 3. The molecule has 3 fully saturated rings. The minimum absolute atomic E-state index is 0.103. The molecule has 0 amide bonds. The van der Waals surface area contributed by atoms with Gasteiger partial charge in [0.1, 0.15) is 28.5 Å². The molecule has 3 atom stereocenters. The molecule has 2 aromatic carbocycles. The van der Waals surface area contributed by atoms with Crippen LogP contribution >= 0.6 is 11.3 Å². The minimum atomic E-state index is -4.85. The van der Waals surface area contributed by atoms with Crippen molar-refractivity contribution >= 4 is 32.8 Å². The largest absolute Gasteiger partial charge is 0.573 e. The number of nitrogens with zero attached hydrogens (tertiary/aromatic N) is 3. The number of anilines is 1. The molecule has 2 aliphatic heterocycles. The summed E-state index contributed by atoms with van der Waals surface area (Å²) in [6, 6.07) is 8.55. The van der Waals surface area contributed by atoms with E-state index in [2.05, 4.69) is 24.5 Å². The van der Waals surface area contributed by atoms with Crippen LogP contribution in [0.25, 0.3) is 21.5 Å². The summed E-state index contributed by atoms with van der Waals surface area (Å²) in [7, 11) is 0. The smallest absolute Gasteiger partial charge is 0.449 e. The Morgan fingerprint density at radius 2 is 1.86 bits per heavy atom. The van der Waals surface area contributed by atoms with E-state index in [0.29, 0.717) is 34.0 Å². The van der Waals surface area contributed by atoms with Crippen molar-refractivity contribution in [3.05, 3.63) is 53.5 Å². The molecule has 226 valence electrons. The number of benzene rings is 2. The predicted molar refractivity (Wildman–Crippen MR) is 146 cm³/mol. The standard InChI is InChI=1S/C29H25F4N3O6S/c30-21-11-18(40-28(37)38)12-23-25(21)34-27(43-23)36-15-7-8-16(36)10-17(9-15)39-13-20-24(35-42-26(20)14-5-6-14)19-3-1-2-4-22(19)41-29(31,32)33/h1-4,11-12,14-17H,5-10,13H2,(H,37,38)/t15-,16+,17+. The average molecular weight is 620 g/mol. The topological polar surface area (TPSA) is 107 Å². The van der Waals surface area contributed by atoms with Crippen LogP contribution in [-0.4, -0.2) is 46.0 Å². The number of rotatable bonds is 8. The molecular formula is C29H25F4N3O6S. The van der Waals surface area contributed by atoms with Gasteiger partial charge in [-0.25, -0.2) is 14.2 Å². The fraction of sp³-hybridized carbons (Fsp3) is 0.414. The molecule has 1 N–H and O–H groups in total. The highest BCUT2D eigenvalue weighted by atomic mass is 32.1. The van der Waals surface area contributed by atoms with Gasteiger partial charge in [-0.05, 0) is 50.7 Å². The lowest BCUT2D eigenvalue weighted by molar-refractivity contribution is -0.274. The number of alkyl halides is 3. The van der Waals surface area contributed by atoms with Crippen LogP contribution < -0.4 is 14.4 Å². The van der Waals surface area contributed by atoms with Gasteiger partial charge in [0.25, 0.3) is 0 Å². The maximum Gasteiger partial charge on any atom is 0.573 e. The normalized spacial score (nSPS) is 21.9. The van der Waals surface area contributed by atoms with E-state index in [-0.39, 0.29) is 59.0 Å². The molecule has 2 bridgehead atoms. The van der Waals surface area contributed by atoms with E-state index in [1.54, 1.807) is 6.07 Å². The van der Waals surface area contributed by atoms with Gasteiger partial charge >= 0.3 is 12.5 Å². The van der Waals surface area contributed by atoms with Crippen LogP contribution in [0.5, 0.6) is 11.5 Å². The lowest BCUT2D eigenvalue weighted by atomic mass is 10.00. The first kappa shape index (κ1) is 27.9. The molecule has 2 aromatic heterocycles. The third kappa shape index (κ3) is 5.60. The molecule has 43 heavy (non-hydrogen) atoms. The monoisotopic (exact) mass is 619 g/mol. The number of carboxylic acid groups (broad SMARTS) is 1. The van der Waals surface area contributed by atoms with Crippen molar-refractivity contribution in [3.8, 4) is 22.8 Å². The van der Waals surface area contributed by atoms with Crippen molar-refractivity contribution in [2.45, 2.75) is 75.6 Å². The summed E-state index contributed by atoms with van der Waals surface area (Å²) in [4.78, 5) is 17.6. The molecular weight excluding hydrogens is 594 g/mol. The fourth-order valence-corrected chi connectivity index (χ4v) is 7.37. The first-order chi connectivity index (χ1) is 20.6. The first-order valence-electron chi connectivity index (χ1n) is 13.9. The van der Waals surface area contributed by atoms with Crippen molar-refractivity contribution in [1.29, 1.82) is 0 Å². The highest BCUT2D eigenvalue weighted by Gasteiger charge is 2.43. The van der Waals surface area contributed by atoms with Gasteiger partial charge in [-0.3, -0.25) is 0 Å². The van der Waals surface area contributed by atoms with Crippen molar-refractivity contribution in [2.24, 2.45) is 0 Å². The van der Waals surface area contributed by atoms with E-state index in [1.165, 1.54) is 35.6 Å². The van der Waals surface area contributed by atoms with Crippen molar-refractivity contribution in [1.82, 2.24) is 10.1 Å². The van der Waals surface area contributed by atoms with Crippen LogP contribution in [0.3, 0.4) is 0 Å². The highest BCUT2D eigenvalue weighted by Crippen LogP contribution is 2.47. The number of piperidine rings is 1. The van der Waals surface area contributed by atoms with E-state index in [4.69, 9.17) is 14.4 Å². The molecule has 0 spiro atoms. The van der Waals surface area contributed by atoms with E-state index < -0.39 is 18.3 Å². The Hall–Kier alpha value is -3.91. The maximum absolute atomic E-state index is 14.7. The third-order valence-corrected chi connectivity index (χ3v) is 9.14. The molecule has 1 aliphatic carbocycles. The number of para-hydroxylation sites is 1. The van der Waals surface area contributed by atoms with Gasteiger partial charge in [0.2, 0.25) is 0 Å². The molecule has 14 heteroatoms. The number of fused-ring (bicyclic) bond motifs is 3. The lowest BCUT2D eigenvalue weighted by Crippen LogP contribution is -2.45. The van der Waals surface area contributed by atoms with Crippen LogP contribution in [0.4, 0.5) is 27.5 Å². The molecule has 0 radical (unpaired) electrons. The Morgan fingerprint density at radius 1 is 1.12 bits per heavy atom. The molecule has 4 heterocycles. The second-order valence-corrected chi connectivity index (χ2v) is 12.0. The third-order valence-electron chi connectivity index (χ3n) is 8.12. The average Bonchev–Trinajstić information content (AvgIpc) is 3.45. The maximum atomic E-state index is 14.7. The summed E-state index contributed by atoms with van der Waals surface area (Å²) in [5.41, 5.74) is 1.27. The number of aromatic nitrogens is 2. The molecule has 9 nitrogen and oxygen atoms in total. The SMILES string of the molecule is O=C(O)Oc1cc(F)c2nc(N3[C@@H]4CC[C@H]3C[C@@H](OCc3c(-c5ccccc5OC(F)(F)F)noc3C3CC3)C4)sc2c1. The number of halogens is 4. The summed E-state index contributed by atoms with van der Waals surface area (Å²) in [6.07, 6.45) is -1.47. The Bertz CT molecular complexity index is 1670. The Balaban J connectivity index is 1.09. The second kappa shape index (κ2) is 10.7.